The molecule has 126 valence electrons. The van der Waals surface area contributed by atoms with E-state index >= 15 is 0 Å². The van der Waals surface area contributed by atoms with Crippen LogP contribution in [0.2, 0.25) is 0 Å². The SMILES string of the molecule is CC(Cn1c2ccccc2c2c(CC(=O)CCl)cccc21)N(C)C. The molecule has 3 nitrogen and oxygen atoms in total. The van der Waals surface area contributed by atoms with Gasteiger partial charge in [0.05, 0.1) is 5.88 Å². The van der Waals surface area contributed by atoms with Crippen LogP contribution in [0.1, 0.15) is 12.5 Å². The Balaban J connectivity index is 2.23. The lowest BCUT2D eigenvalue weighted by atomic mass is 10.0. The molecule has 0 aliphatic rings. The minimum absolute atomic E-state index is 0.0580. The number of hydrogen-bond acceptors (Lipinski definition) is 2. The van der Waals surface area contributed by atoms with E-state index in [-0.39, 0.29) is 11.7 Å². The molecule has 0 bridgehead atoms. The fourth-order valence-corrected chi connectivity index (χ4v) is 3.30. The highest BCUT2D eigenvalue weighted by atomic mass is 35.5. The zero-order chi connectivity index (χ0) is 17.3. The molecule has 0 spiro atoms. The number of Topliss-reactive ketones (excluding diaryl/α,β-unsaturated/α-hetero) is 1. The van der Waals surface area contributed by atoms with Gasteiger partial charge in [0.25, 0.3) is 0 Å². The molecule has 0 aliphatic heterocycles. The normalized spacial score (nSPS) is 13.0. The smallest absolute Gasteiger partial charge is 0.151 e. The van der Waals surface area contributed by atoms with Crippen molar-refractivity contribution < 1.29 is 4.79 Å². The number of rotatable bonds is 6. The minimum atomic E-state index is 0.0580. The Morgan fingerprint density at radius 3 is 2.54 bits per heavy atom. The summed E-state index contributed by atoms with van der Waals surface area (Å²) in [7, 11) is 4.20. The van der Waals surface area contributed by atoms with E-state index in [1.807, 2.05) is 12.1 Å². The number of benzene rings is 2. The highest BCUT2D eigenvalue weighted by Crippen LogP contribution is 2.32. The summed E-state index contributed by atoms with van der Waals surface area (Å²) < 4.78 is 2.37. The molecule has 1 unspecified atom stereocenters. The Hall–Kier alpha value is -1.84. The van der Waals surface area contributed by atoms with Crippen LogP contribution in [-0.4, -0.2) is 41.3 Å². The van der Waals surface area contributed by atoms with Gasteiger partial charge >= 0.3 is 0 Å². The number of aromatic nitrogens is 1. The van der Waals surface area contributed by atoms with Crippen molar-refractivity contribution in [3.8, 4) is 0 Å². The Morgan fingerprint density at radius 2 is 1.83 bits per heavy atom. The first-order chi connectivity index (χ1) is 11.5. The molecular weight excluding hydrogens is 320 g/mol. The van der Waals surface area contributed by atoms with E-state index in [0.29, 0.717) is 12.5 Å². The second kappa shape index (κ2) is 6.96. The Bertz CT molecular complexity index is 882. The highest BCUT2D eigenvalue weighted by molar-refractivity contribution is 6.28. The molecule has 0 saturated heterocycles. The number of ketones is 1. The van der Waals surface area contributed by atoms with Gasteiger partial charge in [-0.15, -0.1) is 11.6 Å². The summed E-state index contributed by atoms with van der Waals surface area (Å²) in [6, 6.07) is 15.1. The van der Waals surface area contributed by atoms with E-state index < -0.39 is 0 Å². The molecule has 1 atom stereocenters. The van der Waals surface area contributed by atoms with Crippen LogP contribution in [0.15, 0.2) is 42.5 Å². The van der Waals surface area contributed by atoms with Crippen LogP contribution >= 0.6 is 11.6 Å². The van der Waals surface area contributed by atoms with Crippen LogP contribution in [0.4, 0.5) is 0 Å². The third-order valence-electron chi connectivity index (χ3n) is 4.75. The molecule has 2 aromatic carbocycles. The third-order valence-corrected chi connectivity index (χ3v) is 5.05. The zero-order valence-corrected chi connectivity index (χ0v) is 15.2. The first-order valence-electron chi connectivity index (χ1n) is 8.26. The standard InChI is InChI=1S/C20H23ClN2O/c1-14(22(2)3)13-23-18-9-5-4-8-17(18)20-15(11-16(24)12-21)7-6-10-19(20)23/h4-10,14H,11-13H2,1-3H3. The zero-order valence-electron chi connectivity index (χ0n) is 14.4. The Kier molecular flexibility index (Phi) is 4.93. The molecule has 0 N–H and O–H groups in total. The number of carbonyl (C=O) groups excluding carboxylic acids is 1. The summed E-state index contributed by atoms with van der Waals surface area (Å²) in [5.74, 6) is 0.120. The van der Waals surface area contributed by atoms with Gasteiger partial charge in [0.15, 0.2) is 5.78 Å². The van der Waals surface area contributed by atoms with Gasteiger partial charge in [-0.25, -0.2) is 0 Å². The number of alkyl halides is 1. The largest absolute Gasteiger partial charge is 0.339 e. The lowest BCUT2D eigenvalue weighted by molar-refractivity contribution is -0.116. The Labute approximate surface area is 147 Å². The monoisotopic (exact) mass is 342 g/mol. The van der Waals surface area contributed by atoms with Crippen LogP contribution in [0.3, 0.4) is 0 Å². The topological polar surface area (TPSA) is 25.2 Å². The summed E-state index contributed by atoms with van der Waals surface area (Å²) in [5, 5.41) is 2.38. The van der Waals surface area contributed by atoms with E-state index in [1.54, 1.807) is 0 Å². The molecule has 0 radical (unpaired) electrons. The maximum absolute atomic E-state index is 11.9. The average Bonchev–Trinajstić information content (AvgIpc) is 2.90. The molecule has 3 aromatic rings. The average molecular weight is 343 g/mol. The molecular formula is C20H23ClN2O. The molecule has 1 heterocycles. The van der Waals surface area contributed by atoms with Gasteiger partial charge in [-0.3, -0.25) is 4.79 Å². The fourth-order valence-electron chi connectivity index (χ4n) is 3.20. The summed E-state index contributed by atoms with van der Waals surface area (Å²) in [5.41, 5.74) is 3.46. The predicted molar refractivity (Wildman–Crippen MR) is 102 cm³/mol. The number of fused-ring (bicyclic) bond motifs is 3. The highest BCUT2D eigenvalue weighted by Gasteiger charge is 2.16. The third kappa shape index (κ3) is 3.06. The maximum atomic E-state index is 11.9. The molecule has 3 rings (SSSR count). The van der Waals surface area contributed by atoms with Crippen LogP contribution < -0.4 is 0 Å². The second-order valence-corrected chi connectivity index (χ2v) is 6.87. The maximum Gasteiger partial charge on any atom is 0.151 e. The van der Waals surface area contributed by atoms with Crippen LogP contribution in [-0.2, 0) is 17.8 Å². The predicted octanol–water partition coefficient (Wildman–Crippen LogP) is 4.10. The van der Waals surface area contributed by atoms with E-state index in [1.165, 1.54) is 21.8 Å². The summed E-state index contributed by atoms with van der Waals surface area (Å²) in [6.45, 7) is 3.13. The van der Waals surface area contributed by atoms with Crippen molar-refractivity contribution in [2.24, 2.45) is 0 Å². The summed E-state index contributed by atoms with van der Waals surface area (Å²) >= 11 is 5.72. The molecule has 0 amide bonds. The van der Waals surface area contributed by atoms with Crippen molar-refractivity contribution in [3.05, 3.63) is 48.0 Å². The van der Waals surface area contributed by atoms with Crippen LogP contribution in [0.5, 0.6) is 0 Å². The van der Waals surface area contributed by atoms with Crippen LogP contribution in [0, 0.1) is 0 Å². The van der Waals surface area contributed by atoms with Gasteiger partial charge in [0, 0.05) is 40.8 Å². The van der Waals surface area contributed by atoms with Crippen molar-refractivity contribution >= 4 is 39.2 Å². The first-order valence-corrected chi connectivity index (χ1v) is 8.79. The number of nitrogens with zero attached hydrogens (tertiary/aromatic N) is 2. The first kappa shape index (κ1) is 17.0. The van der Waals surface area contributed by atoms with E-state index in [4.69, 9.17) is 11.6 Å². The van der Waals surface area contributed by atoms with E-state index in [0.717, 1.165) is 12.1 Å². The fraction of sp³-hybridized carbons (Fsp3) is 0.350. The van der Waals surface area contributed by atoms with Gasteiger partial charge in [0.1, 0.15) is 0 Å². The lowest BCUT2D eigenvalue weighted by Crippen LogP contribution is -2.29. The number of para-hydroxylation sites is 1. The van der Waals surface area contributed by atoms with E-state index in [9.17, 15) is 4.79 Å². The number of likely N-dealkylation sites (N-methyl/N-ethyl adjacent to an activating group) is 1. The molecule has 0 aliphatic carbocycles. The number of halogens is 1. The summed E-state index contributed by atoms with van der Waals surface area (Å²) in [6.07, 6.45) is 0.387. The van der Waals surface area contributed by atoms with Crippen molar-refractivity contribution in [3.63, 3.8) is 0 Å². The van der Waals surface area contributed by atoms with Gasteiger partial charge in [-0.2, -0.15) is 0 Å². The van der Waals surface area contributed by atoms with Crippen LogP contribution in [0.25, 0.3) is 21.8 Å². The Morgan fingerprint density at radius 1 is 1.12 bits per heavy atom. The lowest BCUT2D eigenvalue weighted by Gasteiger charge is -2.21. The van der Waals surface area contributed by atoms with Gasteiger partial charge in [-0.05, 0) is 38.7 Å². The summed E-state index contributed by atoms with van der Waals surface area (Å²) in [4.78, 5) is 14.1. The molecule has 0 fully saturated rings. The minimum Gasteiger partial charge on any atom is -0.339 e. The molecule has 24 heavy (non-hydrogen) atoms. The van der Waals surface area contributed by atoms with E-state index in [2.05, 4.69) is 60.8 Å². The van der Waals surface area contributed by atoms with Gasteiger partial charge in [0.2, 0.25) is 0 Å². The molecule has 4 heteroatoms. The van der Waals surface area contributed by atoms with Crippen molar-refractivity contribution in [1.82, 2.24) is 9.47 Å². The van der Waals surface area contributed by atoms with Crippen molar-refractivity contribution in [1.29, 1.82) is 0 Å². The quantitative estimate of drug-likeness (QED) is 0.630. The molecule has 0 saturated carbocycles. The van der Waals surface area contributed by atoms with Gasteiger partial charge in [-0.1, -0.05) is 30.3 Å². The number of carbonyl (C=O) groups is 1. The van der Waals surface area contributed by atoms with Crippen molar-refractivity contribution in [2.75, 3.05) is 20.0 Å². The second-order valence-electron chi connectivity index (χ2n) is 6.60. The number of hydrogen-bond donors (Lipinski definition) is 0. The molecule has 1 aromatic heterocycles. The van der Waals surface area contributed by atoms with Crippen molar-refractivity contribution in [2.45, 2.75) is 25.9 Å². The van der Waals surface area contributed by atoms with Gasteiger partial charge < -0.3 is 9.47 Å².